The average molecular weight is 334 g/mol. The SMILES string of the molecule is Cc1nc2ccc(N3CC(CS(N)(=O)=O)CC3=O)cc2nc1C. The third kappa shape index (κ3) is 3.32. The Kier molecular flexibility index (Phi) is 3.81. The number of fused-ring (bicyclic) bond motifs is 1. The number of hydrogen-bond donors (Lipinski definition) is 1. The van der Waals surface area contributed by atoms with Crippen LogP contribution in [0.3, 0.4) is 0 Å². The van der Waals surface area contributed by atoms with Crippen molar-refractivity contribution in [1.82, 2.24) is 9.97 Å². The Hall–Kier alpha value is -2.06. The molecular formula is C15H18N4O3S. The van der Waals surface area contributed by atoms with Crippen molar-refractivity contribution in [2.45, 2.75) is 20.3 Å². The third-order valence-corrected chi connectivity index (χ3v) is 4.98. The average Bonchev–Trinajstić information content (AvgIpc) is 2.78. The van der Waals surface area contributed by atoms with Gasteiger partial charge in [0.05, 0.1) is 28.2 Å². The number of hydrogen-bond acceptors (Lipinski definition) is 5. The highest BCUT2D eigenvalue weighted by Gasteiger charge is 2.32. The number of carbonyl (C=O) groups excluding carboxylic acids is 1. The molecule has 3 rings (SSSR count). The van der Waals surface area contributed by atoms with E-state index in [4.69, 9.17) is 5.14 Å². The van der Waals surface area contributed by atoms with Crippen LogP contribution in [-0.4, -0.2) is 36.6 Å². The fraction of sp³-hybridized carbons (Fsp3) is 0.400. The molecule has 0 aliphatic carbocycles. The van der Waals surface area contributed by atoms with E-state index in [-0.39, 0.29) is 24.0 Å². The van der Waals surface area contributed by atoms with Crippen LogP contribution in [0.5, 0.6) is 0 Å². The minimum absolute atomic E-state index is 0.102. The minimum atomic E-state index is -3.58. The Morgan fingerprint density at radius 1 is 1.22 bits per heavy atom. The normalized spacial score (nSPS) is 18.8. The van der Waals surface area contributed by atoms with Crippen molar-refractivity contribution in [3.8, 4) is 0 Å². The smallest absolute Gasteiger partial charge is 0.227 e. The number of carbonyl (C=O) groups is 1. The minimum Gasteiger partial charge on any atom is -0.312 e. The highest BCUT2D eigenvalue weighted by Crippen LogP contribution is 2.28. The largest absolute Gasteiger partial charge is 0.312 e. The summed E-state index contributed by atoms with van der Waals surface area (Å²) >= 11 is 0. The molecule has 1 aromatic carbocycles. The highest BCUT2D eigenvalue weighted by molar-refractivity contribution is 7.89. The number of nitrogens with two attached hydrogens (primary N) is 1. The monoisotopic (exact) mass is 334 g/mol. The number of benzene rings is 1. The van der Waals surface area contributed by atoms with Gasteiger partial charge in [0, 0.05) is 24.6 Å². The van der Waals surface area contributed by atoms with Crippen LogP contribution < -0.4 is 10.0 Å². The molecule has 1 fully saturated rings. The molecule has 23 heavy (non-hydrogen) atoms. The summed E-state index contributed by atoms with van der Waals surface area (Å²) in [6, 6.07) is 5.44. The number of anilines is 1. The lowest BCUT2D eigenvalue weighted by Crippen LogP contribution is -2.27. The van der Waals surface area contributed by atoms with Crippen LogP contribution in [0.25, 0.3) is 11.0 Å². The zero-order valence-corrected chi connectivity index (χ0v) is 13.8. The van der Waals surface area contributed by atoms with E-state index in [2.05, 4.69) is 9.97 Å². The lowest BCUT2D eigenvalue weighted by Gasteiger charge is -2.17. The van der Waals surface area contributed by atoms with Gasteiger partial charge in [-0.1, -0.05) is 0 Å². The fourth-order valence-electron chi connectivity index (χ4n) is 2.86. The van der Waals surface area contributed by atoms with Gasteiger partial charge >= 0.3 is 0 Å². The highest BCUT2D eigenvalue weighted by atomic mass is 32.2. The number of rotatable bonds is 3. The maximum atomic E-state index is 12.2. The zero-order chi connectivity index (χ0) is 16.8. The second-order valence-electron chi connectivity index (χ2n) is 5.97. The number of primary sulfonamides is 1. The van der Waals surface area contributed by atoms with Gasteiger partial charge in [-0.3, -0.25) is 4.79 Å². The number of amides is 1. The van der Waals surface area contributed by atoms with Gasteiger partial charge in [0.15, 0.2) is 0 Å². The number of aromatic nitrogens is 2. The number of nitrogens with zero attached hydrogens (tertiary/aromatic N) is 3. The Morgan fingerprint density at radius 3 is 2.52 bits per heavy atom. The lowest BCUT2D eigenvalue weighted by molar-refractivity contribution is -0.117. The number of aryl methyl sites for hydroxylation is 2. The predicted octanol–water partition coefficient (Wildman–Crippen LogP) is 0.888. The molecule has 2 heterocycles. The van der Waals surface area contributed by atoms with Crippen LogP contribution in [0.1, 0.15) is 17.8 Å². The number of sulfonamides is 1. The topological polar surface area (TPSA) is 106 Å². The van der Waals surface area contributed by atoms with E-state index in [0.717, 1.165) is 16.9 Å². The van der Waals surface area contributed by atoms with Gasteiger partial charge in [-0.05, 0) is 32.0 Å². The summed E-state index contributed by atoms with van der Waals surface area (Å²) in [6.45, 7) is 4.13. The molecule has 1 amide bonds. The van der Waals surface area contributed by atoms with Crippen molar-refractivity contribution < 1.29 is 13.2 Å². The Morgan fingerprint density at radius 2 is 1.87 bits per heavy atom. The molecule has 0 bridgehead atoms. The van der Waals surface area contributed by atoms with Crippen LogP contribution >= 0.6 is 0 Å². The molecule has 1 atom stereocenters. The lowest BCUT2D eigenvalue weighted by atomic mass is 10.1. The van der Waals surface area contributed by atoms with Gasteiger partial charge in [-0.15, -0.1) is 0 Å². The fourth-order valence-corrected chi connectivity index (χ4v) is 3.74. The van der Waals surface area contributed by atoms with Gasteiger partial charge in [-0.2, -0.15) is 0 Å². The van der Waals surface area contributed by atoms with Crippen molar-refractivity contribution in [3.63, 3.8) is 0 Å². The second kappa shape index (κ2) is 5.54. The molecule has 1 aliphatic heterocycles. The van der Waals surface area contributed by atoms with Gasteiger partial charge in [0.25, 0.3) is 0 Å². The van der Waals surface area contributed by atoms with E-state index >= 15 is 0 Å². The van der Waals surface area contributed by atoms with E-state index in [9.17, 15) is 13.2 Å². The van der Waals surface area contributed by atoms with Crippen LogP contribution in [0.15, 0.2) is 18.2 Å². The molecular weight excluding hydrogens is 316 g/mol. The van der Waals surface area contributed by atoms with Crippen molar-refractivity contribution in [3.05, 3.63) is 29.6 Å². The molecule has 1 saturated heterocycles. The summed E-state index contributed by atoms with van der Waals surface area (Å²) in [6.07, 6.45) is 0.188. The summed E-state index contributed by atoms with van der Waals surface area (Å²) in [5.41, 5.74) is 3.90. The van der Waals surface area contributed by atoms with Crippen LogP contribution in [0.4, 0.5) is 5.69 Å². The summed E-state index contributed by atoms with van der Waals surface area (Å²) in [5.74, 6) is -0.560. The van der Waals surface area contributed by atoms with Crippen molar-refractivity contribution in [1.29, 1.82) is 0 Å². The second-order valence-corrected chi connectivity index (χ2v) is 7.63. The first kappa shape index (κ1) is 15.8. The van der Waals surface area contributed by atoms with E-state index in [1.54, 1.807) is 4.90 Å². The van der Waals surface area contributed by atoms with Crippen molar-refractivity contribution in [2.75, 3.05) is 17.2 Å². The third-order valence-electron chi connectivity index (χ3n) is 4.04. The Labute approximate surface area is 134 Å². The Balaban J connectivity index is 1.91. The zero-order valence-electron chi connectivity index (χ0n) is 13.0. The van der Waals surface area contributed by atoms with E-state index in [0.29, 0.717) is 17.7 Å². The maximum absolute atomic E-state index is 12.2. The summed E-state index contributed by atoms with van der Waals surface area (Å²) in [5, 5.41) is 5.07. The molecule has 2 N–H and O–H groups in total. The van der Waals surface area contributed by atoms with E-state index in [1.165, 1.54) is 0 Å². The molecule has 7 nitrogen and oxygen atoms in total. The van der Waals surface area contributed by atoms with Crippen LogP contribution in [0, 0.1) is 19.8 Å². The van der Waals surface area contributed by atoms with E-state index in [1.807, 2.05) is 32.0 Å². The molecule has 8 heteroatoms. The van der Waals surface area contributed by atoms with Gasteiger partial charge in [0.2, 0.25) is 15.9 Å². The van der Waals surface area contributed by atoms with Gasteiger partial charge < -0.3 is 4.90 Å². The molecule has 1 aliphatic rings. The van der Waals surface area contributed by atoms with Crippen LogP contribution in [0.2, 0.25) is 0 Å². The summed E-state index contributed by atoms with van der Waals surface area (Å²) < 4.78 is 22.4. The maximum Gasteiger partial charge on any atom is 0.227 e. The Bertz CT molecular complexity index is 895. The van der Waals surface area contributed by atoms with Gasteiger partial charge in [0.1, 0.15) is 0 Å². The standard InChI is InChI=1S/C15H18N4O3S/c1-9-10(2)18-14-6-12(3-4-13(14)17-9)19-7-11(5-15(19)20)8-23(16,21)22/h3-4,6,11H,5,7-8H2,1-2H3,(H2,16,21,22). The summed E-state index contributed by atoms with van der Waals surface area (Å²) in [4.78, 5) is 22.7. The molecule has 1 unspecified atom stereocenters. The van der Waals surface area contributed by atoms with Gasteiger partial charge in [-0.25, -0.2) is 23.5 Å². The van der Waals surface area contributed by atoms with Crippen LogP contribution in [-0.2, 0) is 14.8 Å². The molecule has 0 radical (unpaired) electrons. The first-order valence-electron chi connectivity index (χ1n) is 7.29. The molecule has 122 valence electrons. The molecule has 0 spiro atoms. The van der Waals surface area contributed by atoms with E-state index < -0.39 is 10.0 Å². The van der Waals surface area contributed by atoms with Crippen molar-refractivity contribution >= 4 is 32.7 Å². The van der Waals surface area contributed by atoms with Crippen molar-refractivity contribution in [2.24, 2.45) is 11.1 Å². The molecule has 1 aromatic heterocycles. The summed E-state index contributed by atoms with van der Waals surface area (Å²) in [7, 11) is -3.58. The first-order chi connectivity index (χ1) is 10.7. The molecule has 2 aromatic rings. The molecule has 0 saturated carbocycles. The predicted molar refractivity (Wildman–Crippen MR) is 87.4 cm³/mol. The first-order valence-corrected chi connectivity index (χ1v) is 9.00. The quantitative estimate of drug-likeness (QED) is 0.897.